The van der Waals surface area contributed by atoms with Gasteiger partial charge >= 0.3 is 5.97 Å². The summed E-state index contributed by atoms with van der Waals surface area (Å²) in [6, 6.07) is 4.83. The van der Waals surface area contributed by atoms with Gasteiger partial charge in [-0.05, 0) is 37.0 Å². The Labute approximate surface area is 163 Å². The van der Waals surface area contributed by atoms with Gasteiger partial charge in [-0.3, -0.25) is 14.4 Å². The van der Waals surface area contributed by atoms with E-state index in [-0.39, 0.29) is 25.5 Å². The third kappa shape index (κ3) is 6.60. The van der Waals surface area contributed by atoms with E-state index < -0.39 is 17.8 Å². The van der Waals surface area contributed by atoms with Gasteiger partial charge in [0.1, 0.15) is 5.75 Å². The normalized spacial score (nSPS) is 15.3. The zero-order valence-electron chi connectivity index (χ0n) is 15.4. The molecular formula is C19H23ClN2O5. The maximum atomic E-state index is 12.2. The van der Waals surface area contributed by atoms with Gasteiger partial charge < -0.3 is 19.7 Å². The second-order valence-electron chi connectivity index (χ2n) is 6.27. The lowest BCUT2D eigenvalue weighted by Crippen LogP contribution is -2.37. The lowest BCUT2D eigenvalue weighted by molar-refractivity contribution is -0.152. The zero-order chi connectivity index (χ0) is 19.8. The Morgan fingerprint density at radius 3 is 2.78 bits per heavy atom. The molecule has 1 aliphatic rings. The number of allylic oxidation sites excluding steroid dienone is 2. The van der Waals surface area contributed by atoms with Crippen LogP contribution in [-0.4, -0.2) is 50.0 Å². The predicted molar refractivity (Wildman–Crippen MR) is 102 cm³/mol. The van der Waals surface area contributed by atoms with Crippen molar-refractivity contribution in [2.75, 3.05) is 32.6 Å². The number of likely N-dealkylation sites (N-methyl/N-ethyl adjacent to an activating group) is 1. The number of halogens is 1. The summed E-state index contributed by atoms with van der Waals surface area (Å²) >= 11 is 5.92. The number of carbonyl (C=O) groups excluding carboxylic acids is 3. The quantitative estimate of drug-likeness (QED) is 0.541. The van der Waals surface area contributed by atoms with Crippen molar-refractivity contribution >= 4 is 35.1 Å². The summed E-state index contributed by atoms with van der Waals surface area (Å²) in [6.07, 6.45) is 6.18. The number of carbonyl (C=O) groups is 3. The van der Waals surface area contributed by atoms with Crippen molar-refractivity contribution in [2.24, 2.45) is 5.92 Å². The smallest absolute Gasteiger partial charge is 0.306 e. The van der Waals surface area contributed by atoms with Crippen molar-refractivity contribution in [3.05, 3.63) is 35.4 Å². The minimum Gasteiger partial charge on any atom is -0.495 e. The standard InChI is InChI=1S/C19H23ClN2O5/c1-22(18(24)12-27-19(25)9-13-5-3-4-6-13)11-17(23)21-15-10-14(20)7-8-16(15)26-2/h3,5,7-8,10,13H,4,6,9,11-12H2,1-2H3,(H,21,23)/t13-/m1/s1. The highest BCUT2D eigenvalue weighted by molar-refractivity contribution is 6.31. The molecule has 2 amide bonds. The Bertz CT molecular complexity index is 735. The largest absolute Gasteiger partial charge is 0.495 e. The van der Waals surface area contributed by atoms with E-state index in [1.165, 1.54) is 19.1 Å². The van der Waals surface area contributed by atoms with Crippen LogP contribution in [0.3, 0.4) is 0 Å². The van der Waals surface area contributed by atoms with Gasteiger partial charge in [0.2, 0.25) is 5.91 Å². The lowest BCUT2D eigenvalue weighted by atomic mass is 10.1. The molecule has 1 N–H and O–H groups in total. The topological polar surface area (TPSA) is 84.9 Å². The van der Waals surface area contributed by atoms with E-state index >= 15 is 0 Å². The molecular weight excluding hydrogens is 372 g/mol. The van der Waals surface area contributed by atoms with Crippen LogP contribution in [-0.2, 0) is 19.1 Å². The number of benzene rings is 1. The first-order valence-corrected chi connectivity index (χ1v) is 8.96. The van der Waals surface area contributed by atoms with Crippen LogP contribution >= 0.6 is 11.6 Å². The lowest BCUT2D eigenvalue weighted by Gasteiger charge is -2.18. The van der Waals surface area contributed by atoms with E-state index in [2.05, 4.69) is 5.32 Å². The van der Waals surface area contributed by atoms with Crippen molar-refractivity contribution in [3.8, 4) is 5.75 Å². The highest BCUT2D eigenvalue weighted by atomic mass is 35.5. The molecule has 8 heteroatoms. The Hall–Kier alpha value is -2.54. The minimum atomic E-state index is -0.460. The van der Waals surface area contributed by atoms with Crippen LogP contribution in [0.5, 0.6) is 5.75 Å². The first-order valence-electron chi connectivity index (χ1n) is 8.58. The summed E-state index contributed by atoms with van der Waals surface area (Å²) in [7, 11) is 2.94. The summed E-state index contributed by atoms with van der Waals surface area (Å²) < 4.78 is 10.2. The molecule has 1 aliphatic carbocycles. The molecule has 146 valence electrons. The molecule has 0 fully saturated rings. The molecule has 7 nitrogen and oxygen atoms in total. The maximum Gasteiger partial charge on any atom is 0.306 e. The van der Waals surface area contributed by atoms with E-state index in [0.29, 0.717) is 16.5 Å². The Morgan fingerprint density at radius 1 is 1.33 bits per heavy atom. The molecule has 0 spiro atoms. The second kappa shape index (κ2) is 9.97. The summed E-state index contributed by atoms with van der Waals surface area (Å²) in [5.74, 6) is -0.658. The second-order valence-corrected chi connectivity index (χ2v) is 6.71. The summed E-state index contributed by atoms with van der Waals surface area (Å²) in [4.78, 5) is 37.2. The number of hydrogen-bond acceptors (Lipinski definition) is 5. The molecule has 0 bridgehead atoms. The van der Waals surface area contributed by atoms with Gasteiger partial charge in [-0.15, -0.1) is 0 Å². The summed E-state index contributed by atoms with van der Waals surface area (Å²) in [5, 5.41) is 3.09. The molecule has 0 aliphatic heterocycles. The van der Waals surface area contributed by atoms with Gasteiger partial charge in [-0.25, -0.2) is 0 Å². The summed E-state index contributed by atoms with van der Waals surface area (Å²) in [6.45, 7) is -0.586. The van der Waals surface area contributed by atoms with Crippen LogP contribution in [0.2, 0.25) is 5.02 Å². The monoisotopic (exact) mass is 394 g/mol. The molecule has 1 aromatic carbocycles. The van der Waals surface area contributed by atoms with Crippen LogP contribution in [0, 0.1) is 5.92 Å². The number of ether oxygens (including phenoxy) is 2. The Morgan fingerprint density at radius 2 is 2.11 bits per heavy atom. The molecule has 0 unspecified atom stereocenters. The van der Waals surface area contributed by atoms with E-state index in [4.69, 9.17) is 21.1 Å². The zero-order valence-corrected chi connectivity index (χ0v) is 16.1. The number of methoxy groups -OCH3 is 1. The number of anilines is 1. The third-order valence-corrected chi connectivity index (χ3v) is 4.38. The number of nitrogens with zero attached hydrogens (tertiary/aromatic N) is 1. The van der Waals surface area contributed by atoms with Gasteiger partial charge in [-0.2, -0.15) is 0 Å². The predicted octanol–water partition coefficient (Wildman–Crippen LogP) is 2.65. The molecule has 0 radical (unpaired) electrons. The highest BCUT2D eigenvalue weighted by Crippen LogP contribution is 2.27. The third-order valence-electron chi connectivity index (χ3n) is 4.14. The minimum absolute atomic E-state index is 0.184. The van der Waals surface area contributed by atoms with Gasteiger partial charge in [-0.1, -0.05) is 23.8 Å². The van der Waals surface area contributed by atoms with Crippen LogP contribution < -0.4 is 10.1 Å². The maximum absolute atomic E-state index is 12.2. The van der Waals surface area contributed by atoms with Gasteiger partial charge in [0, 0.05) is 12.1 Å². The number of amides is 2. The first-order chi connectivity index (χ1) is 12.9. The fourth-order valence-electron chi connectivity index (χ4n) is 2.66. The van der Waals surface area contributed by atoms with Crippen molar-refractivity contribution in [1.82, 2.24) is 4.90 Å². The van der Waals surface area contributed by atoms with Gasteiger partial charge in [0.25, 0.3) is 5.91 Å². The number of rotatable bonds is 8. The fraction of sp³-hybridized carbons (Fsp3) is 0.421. The molecule has 0 saturated heterocycles. The van der Waals surface area contributed by atoms with Crippen molar-refractivity contribution in [1.29, 1.82) is 0 Å². The Balaban J connectivity index is 1.78. The number of hydrogen-bond donors (Lipinski definition) is 1. The van der Waals surface area contributed by atoms with E-state index in [1.807, 2.05) is 12.2 Å². The van der Waals surface area contributed by atoms with Crippen LogP contribution in [0.25, 0.3) is 0 Å². The SMILES string of the molecule is COc1ccc(Cl)cc1NC(=O)CN(C)C(=O)COC(=O)C[C@@H]1C=CCC1. The van der Waals surface area contributed by atoms with Gasteiger partial charge in [0.05, 0.1) is 25.8 Å². The average Bonchev–Trinajstić information content (AvgIpc) is 3.12. The van der Waals surface area contributed by atoms with Crippen molar-refractivity contribution in [2.45, 2.75) is 19.3 Å². The molecule has 2 rings (SSSR count). The molecule has 0 saturated carbocycles. The molecule has 27 heavy (non-hydrogen) atoms. The molecule has 0 aromatic heterocycles. The fourth-order valence-corrected chi connectivity index (χ4v) is 2.83. The average molecular weight is 395 g/mol. The Kier molecular flexibility index (Phi) is 7.67. The number of esters is 1. The van der Waals surface area contributed by atoms with E-state index in [0.717, 1.165) is 12.8 Å². The van der Waals surface area contributed by atoms with Crippen LogP contribution in [0.4, 0.5) is 5.69 Å². The van der Waals surface area contributed by atoms with Crippen LogP contribution in [0.15, 0.2) is 30.4 Å². The van der Waals surface area contributed by atoms with Crippen LogP contribution in [0.1, 0.15) is 19.3 Å². The van der Waals surface area contributed by atoms with Gasteiger partial charge in [0.15, 0.2) is 6.61 Å². The highest BCUT2D eigenvalue weighted by Gasteiger charge is 2.19. The summed E-state index contributed by atoms with van der Waals surface area (Å²) in [5.41, 5.74) is 0.409. The van der Waals surface area contributed by atoms with Crippen molar-refractivity contribution in [3.63, 3.8) is 0 Å². The first kappa shape index (κ1) is 20.8. The molecule has 0 heterocycles. The van der Waals surface area contributed by atoms with E-state index in [1.54, 1.807) is 18.2 Å². The number of nitrogens with one attached hydrogen (secondary N) is 1. The molecule has 1 atom stereocenters. The van der Waals surface area contributed by atoms with E-state index in [9.17, 15) is 14.4 Å². The molecule has 1 aromatic rings. The van der Waals surface area contributed by atoms with Crippen molar-refractivity contribution < 1.29 is 23.9 Å².